The van der Waals surface area contributed by atoms with Crippen LogP contribution in [0.2, 0.25) is 0 Å². The summed E-state index contributed by atoms with van der Waals surface area (Å²) in [5.41, 5.74) is 1.45. The summed E-state index contributed by atoms with van der Waals surface area (Å²) < 4.78 is 16.5. The molecule has 1 aliphatic heterocycles. The number of hydrogen-bond donors (Lipinski definition) is 0. The first kappa shape index (κ1) is 23.8. The van der Waals surface area contributed by atoms with E-state index in [0.29, 0.717) is 18.5 Å². The van der Waals surface area contributed by atoms with Crippen molar-refractivity contribution in [1.29, 1.82) is 0 Å². The Hall–Kier alpha value is -3.81. The Morgan fingerprint density at radius 1 is 0.939 bits per heavy atom. The van der Waals surface area contributed by atoms with Gasteiger partial charge in [0.05, 0.1) is 19.7 Å². The zero-order valence-corrected chi connectivity index (χ0v) is 19.5. The van der Waals surface area contributed by atoms with Crippen LogP contribution in [0.15, 0.2) is 66.2 Å². The van der Waals surface area contributed by atoms with E-state index in [1.807, 2.05) is 56.1 Å². The summed E-state index contributed by atoms with van der Waals surface area (Å²) >= 11 is 0. The van der Waals surface area contributed by atoms with Gasteiger partial charge in [0, 0.05) is 30.5 Å². The highest BCUT2D eigenvalue weighted by Gasteiger charge is 2.24. The molecule has 0 saturated heterocycles. The number of carbonyl (C=O) groups is 3. The fourth-order valence-electron chi connectivity index (χ4n) is 3.46. The molecule has 8 heteroatoms. The second-order valence-corrected chi connectivity index (χ2v) is 8.45. The molecule has 0 saturated carbocycles. The number of ether oxygens (including phenoxy) is 3. The number of para-hydroxylation sites is 1. The molecule has 174 valence electrons. The average Bonchev–Trinajstić information content (AvgIpc) is 3.16. The van der Waals surface area contributed by atoms with Crippen molar-refractivity contribution < 1.29 is 28.6 Å². The van der Waals surface area contributed by atoms with Crippen LogP contribution in [0.3, 0.4) is 0 Å². The summed E-state index contributed by atoms with van der Waals surface area (Å²) in [6, 6.07) is 7.69. The Morgan fingerprint density at radius 2 is 1.55 bits per heavy atom. The normalized spacial score (nSPS) is 13.2. The second-order valence-electron chi connectivity index (χ2n) is 8.45. The number of allylic oxidation sites excluding steroid dienone is 3. The van der Waals surface area contributed by atoms with Crippen LogP contribution in [-0.2, 0) is 30.2 Å². The van der Waals surface area contributed by atoms with Gasteiger partial charge in [-0.3, -0.25) is 4.57 Å². The van der Waals surface area contributed by atoms with Crippen molar-refractivity contribution in [2.45, 2.75) is 32.8 Å². The highest BCUT2D eigenvalue weighted by Crippen LogP contribution is 2.24. The molecule has 33 heavy (non-hydrogen) atoms. The standard InChI is InChI=1S/C25H28N2O6/c1-25(2,3)33-24(30)27-16-18(19-8-6-7-9-20(19)27)12-15-26-13-10-17(11-14-26)21(22(28)31-4)23(29)32-5/h6-11,13-14,16H,12,15H2,1-5H3. The van der Waals surface area contributed by atoms with E-state index in [1.54, 1.807) is 24.6 Å². The van der Waals surface area contributed by atoms with Gasteiger partial charge in [0.25, 0.3) is 0 Å². The van der Waals surface area contributed by atoms with E-state index < -0.39 is 23.6 Å². The number of nitrogens with zero attached hydrogens (tertiary/aromatic N) is 2. The van der Waals surface area contributed by atoms with Crippen LogP contribution in [0.25, 0.3) is 10.9 Å². The summed E-state index contributed by atoms with van der Waals surface area (Å²) in [7, 11) is 2.42. The number of hydrogen-bond acceptors (Lipinski definition) is 7. The number of aromatic nitrogens is 1. The van der Waals surface area contributed by atoms with Gasteiger partial charge in [0.2, 0.25) is 0 Å². The molecule has 0 bridgehead atoms. The van der Waals surface area contributed by atoms with Crippen molar-refractivity contribution in [3.63, 3.8) is 0 Å². The minimum absolute atomic E-state index is 0.160. The summed E-state index contributed by atoms with van der Waals surface area (Å²) in [6.07, 6.45) is 8.91. The van der Waals surface area contributed by atoms with Gasteiger partial charge in [-0.1, -0.05) is 18.2 Å². The lowest BCUT2D eigenvalue weighted by molar-refractivity contribution is -0.144. The van der Waals surface area contributed by atoms with Gasteiger partial charge in [-0.05, 0) is 56.5 Å². The summed E-state index contributed by atoms with van der Waals surface area (Å²) in [6.45, 7) is 6.12. The molecule has 0 aliphatic carbocycles. The number of methoxy groups -OCH3 is 2. The van der Waals surface area contributed by atoms with Crippen LogP contribution in [0.1, 0.15) is 26.3 Å². The molecule has 2 aromatic rings. The van der Waals surface area contributed by atoms with Crippen molar-refractivity contribution in [1.82, 2.24) is 9.47 Å². The molecule has 1 aromatic heterocycles. The lowest BCUT2D eigenvalue weighted by Crippen LogP contribution is -2.26. The maximum atomic E-state index is 12.7. The van der Waals surface area contributed by atoms with Crippen molar-refractivity contribution in [3.05, 3.63) is 71.7 Å². The van der Waals surface area contributed by atoms with Gasteiger partial charge >= 0.3 is 18.0 Å². The lowest BCUT2D eigenvalue weighted by Gasteiger charge is -2.20. The zero-order chi connectivity index (χ0) is 24.2. The van der Waals surface area contributed by atoms with Crippen LogP contribution in [0.5, 0.6) is 0 Å². The Bertz CT molecular complexity index is 1130. The van der Waals surface area contributed by atoms with E-state index in [0.717, 1.165) is 16.5 Å². The minimum Gasteiger partial charge on any atom is -0.465 e. The van der Waals surface area contributed by atoms with Crippen molar-refractivity contribution in [3.8, 4) is 0 Å². The molecule has 1 aliphatic rings. The van der Waals surface area contributed by atoms with Crippen LogP contribution in [0.4, 0.5) is 4.79 Å². The summed E-state index contributed by atoms with van der Waals surface area (Å²) in [4.78, 5) is 38.5. The number of esters is 2. The minimum atomic E-state index is -0.755. The van der Waals surface area contributed by atoms with Gasteiger partial charge in [-0.2, -0.15) is 0 Å². The smallest absolute Gasteiger partial charge is 0.419 e. The van der Waals surface area contributed by atoms with E-state index in [4.69, 9.17) is 14.2 Å². The summed E-state index contributed by atoms with van der Waals surface area (Å²) in [5, 5.41) is 0.979. The highest BCUT2D eigenvalue weighted by molar-refractivity contribution is 6.15. The largest absolute Gasteiger partial charge is 0.465 e. The Labute approximate surface area is 192 Å². The van der Waals surface area contributed by atoms with Crippen LogP contribution in [0, 0.1) is 0 Å². The first-order chi connectivity index (χ1) is 15.6. The lowest BCUT2D eigenvalue weighted by atomic mass is 10.1. The first-order valence-electron chi connectivity index (χ1n) is 10.5. The number of rotatable bonds is 5. The molecule has 0 N–H and O–H groups in total. The van der Waals surface area contributed by atoms with Gasteiger partial charge in [-0.15, -0.1) is 0 Å². The Balaban J connectivity index is 1.78. The number of fused-ring (bicyclic) bond motifs is 1. The molecular formula is C25H28N2O6. The SMILES string of the molecule is COC(=O)C(C(=O)OC)=C1C=CN(CCc2cn(C(=O)OC(C)(C)C)c3ccccc23)C=C1. The summed E-state index contributed by atoms with van der Waals surface area (Å²) in [5.74, 6) is -1.51. The van der Waals surface area contributed by atoms with Crippen molar-refractivity contribution >= 4 is 28.9 Å². The third-order valence-corrected chi connectivity index (χ3v) is 4.98. The highest BCUT2D eigenvalue weighted by atomic mass is 16.6. The van der Waals surface area contributed by atoms with E-state index in [-0.39, 0.29) is 5.57 Å². The van der Waals surface area contributed by atoms with Crippen LogP contribution < -0.4 is 0 Å². The molecule has 0 fully saturated rings. The second kappa shape index (κ2) is 9.77. The third kappa shape index (κ3) is 5.52. The topological polar surface area (TPSA) is 87.1 Å². The molecular weight excluding hydrogens is 424 g/mol. The molecule has 0 atom stereocenters. The molecule has 3 rings (SSSR count). The molecule has 1 aromatic carbocycles. The third-order valence-electron chi connectivity index (χ3n) is 4.98. The van der Waals surface area contributed by atoms with Gasteiger partial charge in [0.15, 0.2) is 5.57 Å². The fourth-order valence-corrected chi connectivity index (χ4v) is 3.46. The maximum Gasteiger partial charge on any atom is 0.419 e. The molecule has 0 spiro atoms. The first-order valence-corrected chi connectivity index (χ1v) is 10.5. The Morgan fingerprint density at radius 3 is 2.12 bits per heavy atom. The monoisotopic (exact) mass is 452 g/mol. The molecule has 0 radical (unpaired) electrons. The van der Waals surface area contributed by atoms with Crippen molar-refractivity contribution in [2.24, 2.45) is 0 Å². The van der Waals surface area contributed by atoms with Gasteiger partial charge < -0.3 is 19.1 Å². The van der Waals surface area contributed by atoms with E-state index in [2.05, 4.69) is 0 Å². The predicted octanol–water partition coefficient (Wildman–Crippen LogP) is 3.95. The Kier molecular flexibility index (Phi) is 7.06. The zero-order valence-electron chi connectivity index (χ0n) is 19.5. The fraction of sp³-hybridized carbons (Fsp3) is 0.320. The predicted molar refractivity (Wildman–Crippen MR) is 123 cm³/mol. The molecule has 0 unspecified atom stereocenters. The van der Waals surface area contributed by atoms with E-state index in [1.165, 1.54) is 18.8 Å². The number of carbonyl (C=O) groups excluding carboxylic acids is 3. The van der Waals surface area contributed by atoms with Crippen LogP contribution in [-0.4, -0.2) is 53.9 Å². The average molecular weight is 453 g/mol. The van der Waals surface area contributed by atoms with Crippen LogP contribution >= 0.6 is 0 Å². The molecule has 8 nitrogen and oxygen atoms in total. The molecule has 0 amide bonds. The van der Waals surface area contributed by atoms with E-state index in [9.17, 15) is 14.4 Å². The van der Waals surface area contributed by atoms with Gasteiger partial charge in [0.1, 0.15) is 5.60 Å². The quantitative estimate of drug-likeness (QED) is 0.223. The van der Waals surface area contributed by atoms with Crippen molar-refractivity contribution in [2.75, 3.05) is 20.8 Å². The maximum absolute atomic E-state index is 12.7. The van der Waals surface area contributed by atoms with Gasteiger partial charge in [-0.25, -0.2) is 14.4 Å². The number of benzene rings is 1. The molecule has 2 heterocycles. The van der Waals surface area contributed by atoms with E-state index >= 15 is 0 Å².